The highest BCUT2D eigenvalue weighted by Gasteiger charge is 2.48. The van der Waals surface area contributed by atoms with Gasteiger partial charge >= 0.3 is 0 Å². The molecular weight excluding hydrogens is 436 g/mol. The van der Waals surface area contributed by atoms with Crippen molar-refractivity contribution in [1.29, 1.82) is 0 Å². The minimum Gasteiger partial charge on any atom is -0.484 e. The molecule has 3 aromatic rings. The van der Waals surface area contributed by atoms with Crippen molar-refractivity contribution < 1.29 is 19.4 Å². The van der Waals surface area contributed by atoms with Crippen LogP contribution in [0.3, 0.4) is 0 Å². The van der Waals surface area contributed by atoms with Crippen LogP contribution >= 0.6 is 0 Å². The van der Waals surface area contributed by atoms with Crippen molar-refractivity contribution >= 4 is 28.8 Å². The largest absolute Gasteiger partial charge is 0.484 e. The second kappa shape index (κ2) is 7.42. The van der Waals surface area contributed by atoms with Crippen LogP contribution in [0.1, 0.15) is 35.7 Å². The number of carbonyl (C=O) groups is 2. The van der Waals surface area contributed by atoms with Gasteiger partial charge in [-0.25, -0.2) is 9.50 Å². The van der Waals surface area contributed by atoms with Gasteiger partial charge in [0.15, 0.2) is 5.65 Å². The Hall–Kier alpha value is -3.66. The molecule has 3 aliphatic heterocycles. The van der Waals surface area contributed by atoms with E-state index in [1.54, 1.807) is 23.0 Å². The third-order valence-electron chi connectivity index (χ3n) is 7.34. The standard InChI is InChI=1S/C24H26N6O4/c1-23(14-31)11-15-9-17(28-21(32)16-12-27-30-6-2-5-25-20(16)30)18(10-19(15)34-23)29-7-3-24(4-8-29)13-26-22(24)33/h2,5-6,9-10,12,31H,3-4,7-8,11,13-14H2,1H3,(H,26,33)(H,28,32). The summed E-state index contributed by atoms with van der Waals surface area (Å²) in [5, 5.41) is 20.0. The smallest absolute Gasteiger partial charge is 0.261 e. The highest BCUT2D eigenvalue weighted by Crippen LogP contribution is 2.44. The number of ether oxygens (including phenoxy) is 1. The van der Waals surface area contributed by atoms with Gasteiger partial charge in [0.25, 0.3) is 5.91 Å². The van der Waals surface area contributed by atoms with Gasteiger partial charge in [0.2, 0.25) is 5.91 Å². The van der Waals surface area contributed by atoms with E-state index in [2.05, 4.69) is 25.6 Å². The molecule has 0 radical (unpaired) electrons. The molecule has 10 nitrogen and oxygen atoms in total. The number of amides is 2. The molecule has 2 amide bonds. The van der Waals surface area contributed by atoms with E-state index in [9.17, 15) is 14.7 Å². The Morgan fingerprint density at radius 3 is 2.85 bits per heavy atom. The first-order valence-corrected chi connectivity index (χ1v) is 11.5. The molecule has 0 aliphatic carbocycles. The third kappa shape index (κ3) is 3.20. The van der Waals surface area contributed by atoms with Crippen molar-refractivity contribution in [2.45, 2.75) is 31.8 Å². The fourth-order valence-corrected chi connectivity index (χ4v) is 5.17. The molecule has 176 valence electrons. The second-order valence-electron chi connectivity index (χ2n) is 9.71. The number of rotatable bonds is 4. The Balaban J connectivity index is 1.33. The third-order valence-corrected chi connectivity index (χ3v) is 7.34. The number of aliphatic hydroxyl groups excluding tert-OH is 1. The van der Waals surface area contributed by atoms with E-state index in [1.807, 2.05) is 19.1 Å². The Morgan fingerprint density at radius 1 is 1.32 bits per heavy atom. The normalized spacial score (nSPS) is 22.8. The number of piperidine rings is 1. The van der Waals surface area contributed by atoms with Crippen LogP contribution in [0.25, 0.3) is 5.65 Å². The molecule has 2 saturated heterocycles. The van der Waals surface area contributed by atoms with Crippen LogP contribution in [0.5, 0.6) is 5.75 Å². The van der Waals surface area contributed by atoms with Gasteiger partial charge in [-0.1, -0.05) is 0 Å². The number of carbonyl (C=O) groups excluding carboxylic acids is 2. The Morgan fingerprint density at radius 2 is 2.15 bits per heavy atom. The number of hydrogen-bond donors (Lipinski definition) is 3. The maximum Gasteiger partial charge on any atom is 0.261 e. The molecule has 0 saturated carbocycles. The van der Waals surface area contributed by atoms with Gasteiger partial charge in [-0.3, -0.25) is 9.59 Å². The quantitative estimate of drug-likeness (QED) is 0.501. The second-order valence-corrected chi connectivity index (χ2v) is 9.71. The minimum absolute atomic E-state index is 0.103. The Labute approximate surface area is 195 Å². The monoisotopic (exact) mass is 462 g/mol. The zero-order valence-corrected chi connectivity index (χ0v) is 18.9. The van der Waals surface area contributed by atoms with Crippen LogP contribution in [0.15, 0.2) is 36.8 Å². The number of fused-ring (bicyclic) bond motifs is 2. The van der Waals surface area contributed by atoms with Gasteiger partial charge in [0.05, 0.1) is 29.6 Å². The Kier molecular flexibility index (Phi) is 4.57. The topological polar surface area (TPSA) is 121 Å². The van der Waals surface area contributed by atoms with Crippen molar-refractivity contribution in [3.05, 3.63) is 47.9 Å². The van der Waals surface area contributed by atoms with Crippen molar-refractivity contribution in [1.82, 2.24) is 19.9 Å². The summed E-state index contributed by atoms with van der Waals surface area (Å²) < 4.78 is 7.64. The summed E-state index contributed by atoms with van der Waals surface area (Å²) in [6.07, 6.45) is 6.95. The minimum atomic E-state index is -0.690. The Bertz CT molecular complexity index is 1310. The zero-order valence-electron chi connectivity index (χ0n) is 18.9. The van der Waals surface area contributed by atoms with Crippen LogP contribution < -0.4 is 20.3 Å². The van der Waals surface area contributed by atoms with Crippen LogP contribution in [0.4, 0.5) is 11.4 Å². The fraction of sp³-hybridized carbons (Fsp3) is 0.417. The molecule has 0 bridgehead atoms. The number of β-lactam (4-membered cyclic amide) rings is 1. The number of benzene rings is 1. The van der Waals surface area contributed by atoms with Gasteiger partial charge in [-0.2, -0.15) is 5.10 Å². The van der Waals surface area contributed by atoms with Crippen molar-refractivity contribution in [3.8, 4) is 5.75 Å². The molecule has 3 aliphatic rings. The molecule has 10 heteroatoms. The lowest BCUT2D eigenvalue weighted by atomic mass is 9.72. The SMILES string of the molecule is CC1(CO)Cc2cc(NC(=O)c3cnn4cccnc34)c(N3CCC4(CC3)CNC4=O)cc2O1. The molecule has 5 heterocycles. The van der Waals surface area contributed by atoms with Gasteiger partial charge in [-0.15, -0.1) is 0 Å². The zero-order chi connectivity index (χ0) is 23.5. The van der Waals surface area contributed by atoms with E-state index in [4.69, 9.17) is 4.74 Å². The van der Waals surface area contributed by atoms with Crippen molar-refractivity contribution in [3.63, 3.8) is 0 Å². The highest BCUT2D eigenvalue weighted by molar-refractivity contribution is 6.09. The number of nitrogens with zero attached hydrogens (tertiary/aromatic N) is 4. The van der Waals surface area contributed by atoms with Crippen LogP contribution in [-0.4, -0.2) is 63.4 Å². The summed E-state index contributed by atoms with van der Waals surface area (Å²) >= 11 is 0. The first-order chi connectivity index (χ1) is 16.4. The summed E-state index contributed by atoms with van der Waals surface area (Å²) in [6, 6.07) is 5.63. The van der Waals surface area contributed by atoms with E-state index in [0.29, 0.717) is 42.2 Å². The summed E-state index contributed by atoms with van der Waals surface area (Å²) in [5.41, 5.74) is 2.35. The lowest BCUT2D eigenvalue weighted by Crippen LogP contribution is -2.62. The molecule has 1 atom stereocenters. The lowest BCUT2D eigenvalue weighted by molar-refractivity contribution is -0.141. The maximum absolute atomic E-state index is 13.3. The number of nitrogens with one attached hydrogen (secondary N) is 2. The molecule has 6 rings (SSSR count). The fourth-order valence-electron chi connectivity index (χ4n) is 5.17. The predicted molar refractivity (Wildman–Crippen MR) is 124 cm³/mol. The molecule has 1 aromatic carbocycles. The summed E-state index contributed by atoms with van der Waals surface area (Å²) in [5.74, 6) is 0.548. The number of hydrogen-bond acceptors (Lipinski definition) is 7. The highest BCUT2D eigenvalue weighted by atomic mass is 16.5. The number of anilines is 2. The first-order valence-electron chi connectivity index (χ1n) is 11.5. The molecule has 2 aromatic heterocycles. The van der Waals surface area contributed by atoms with Gasteiger partial charge in [-0.05, 0) is 31.9 Å². The first kappa shape index (κ1) is 20.9. The molecule has 2 fully saturated rings. The summed E-state index contributed by atoms with van der Waals surface area (Å²) in [7, 11) is 0. The van der Waals surface area contributed by atoms with Crippen LogP contribution in [0, 0.1) is 5.41 Å². The van der Waals surface area contributed by atoms with E-state index < -0.39 is 5.60 Å². The van der Waals surface area contributed by atoms with E-state index >= 15 is 0 Å². The summed E-state index contributed by atoms with van der Waals surface area (Å²) in [4.78, 5) is 31.9. The average Bonchev–Trinajstić information content (AvgIpc) is 3.43. The van der Waals surface area contributed by atoms with E-state index in [0.717, 1.165) is 30.6 Å². The molecule has 3 N–H and O–H groups in total. The van der Waals surface area contributed by atoms with Crippen LogP contribution in [-0.2, 0) is 11.2 Å². The molecule has 1 spiro atoms. The van der Waals surface area contributed by atoms with Gasteiger partial charge < -0.3 is 25.4 Å². The van der Waals surface area contributed by atoms with E-state index in [1.165, 1.54) is 6.20 Å². The number of aliphatic hydroxyl groups is 1. The van der Waals surface area contributed by atoms with Gasteiger partial charge in [0, 0.05) is 50.1 Å². The molecular formula is C24H26N6O4. The summed E-state index contributed by atoms with van der Waals surface area (Å²) in [6.45, 7) is 3.89. The predicted octanol–water partition coefficient (Wildman–Crippen LogP) is 1.38. The number of aromatic nitrogens is 3. The van der Waals surface area contributed by atoms with E-state index in [-0.39, 0.29) is 23.8 Å². The molecule has 34 heavy (non-hydrogen) atoms. The average molecular weight is 463 g/mol. The maximum atomic E-state index is 13.3. The van der Waals surface area contributed by atoms with Gasteiger partial charge in [0.1, 0.15) is 16.9 Å². The van der Waals surface area contributed by atoms with Crippen LogP contribution in [0.2, 0.25) is 0 Å². The lowest BCUT2D eigenvalue weighted by Gasteiger charge is -2.47. The van der Waals surface area contributed by atoms with Crippen molar-refractivity contribution in [2.24, 2.45) is 5.41 Å². The molecule has 1 unspecified atom stereocenters. The van der Waals surface area contributed by atoms with Crippen molar-refractivity contribution in [2.75, 3.05) is 36.5 Å².